The summed E-state index contributed by atoms with van der Waals surface area (Å²) in [4.78, 5) is 33.5. The van der Waals surface area contributed by atoms with E-state index < -0.39 is 0 Å². The van der Waals surface area contributed by atoms with Crippen LogP contribution in [0.15, 0.2) is 40.1 Å². The summed E-state index contributed by atoms with van der Waals surface area (Å²) in [6.45, 7) is 8.09. The third-order valence-electron chi connectivity index (χ3n) is 6.38. The first-order chi connectivity index (χ1) is 15.5. The molecule has 0 spiro atoms. The number of aromatic nitrogens is 5. The molecule has 0 unspecified atom stereocenters. The van der Waals surface area contributed by atoms with Crippen LogP contribution in [-0.4, -0.2) is 60.8 Å². The fourth-order valence-corrected chi connectivity index (χ4v) is 4.60. The molecule has 0 amide bonds. The molecule has 1 aliphatic rings. The predicted molar refractivity (Wildman–Crippen MR) is 123 cm³/mol. The fourth-order valence-electron chi connectivity index (χ4n) is 4.60. The molecule has 32 heavy (non-hydrogen) atoms. The Morgan fingerprint density at radius 1 is 1.09 bits per heavy atom. The molecule has 9 nitrogen and oxygen atoms in total. The van der Waals surface area contributed by atoms with Crippen molar-refractivity contribution in [3.05, 3.63) is 62.6 Å². The number of rotatable bonds is 5. The van der Waals surface area contributed by atoms with E-state index in [1.165, 1.54) is 14.7 Å². The third kappa shape index (κ3) is 3.20. The Morgan fingerprint density at radius 3 is 2.59 bits per heavy atom. The minimum Gasteiger partial charge on any atom is -0.379 e. The van der Waals surface area contributed by atoms with Crippen LogP contribution in [0, 0.1) is 6.92 Å². The largest absolute Gasteiger partial charge is 0.379 e. The second kappa shape index (κ2) is 8.07. The average Bonchev–Trinajstić information content (AvgIpc) is 3.32. The number of aryl methyl sites for hydroxylation is 3. The van der Waals surface area contributed by atoms with E-state index in [1.807, 2.05) is 29.7 Å². The maximum atomic E-state index is 13.5. The zero-order valence-corrected chi connectivity index (χ0v) is 18.7. The molecule has 1 aliphatic heterocycles. The normalized spacial score (nSPS) is 15.2. The molecule has 0 aliphatic carbocycles. The van der Waals surface area contributed by atoms with Gasteiger partial charge in [0.15, 0.2) is 11.2 Å². The van der Waals surface area contributed by atoms with E-state index in [4.69, 9.17) is 9.72 Å². The van der Waals surface area contributed by atoms with Gasteiger partial charge in [0.25, 0.3) is 5.56 Å². The number of nitrogens with zero attached hydrogens (tertiary/aromatic N) is 6. The Morgan fingerprint density at radius 2 is 1.84 bits per heavy atom. The van der Waals surface area contributed by atoms with Gasteiger partial charge >= 0.3 is 5.69 Å². The van der Waals surface area contributed by atoms with Crippen LogP contribution in [0.5, 0.6) is 0 Å². The Hall–Kier alpha value is -3.17. The Labute approximate surface area is 185 Å². The maximum Gasteiger partial charge on any atom is 0.332 e. The molecule has 1 fully saturated rings. The third-order valence-corrected chi connectivity index (χ3v) is 6.38. The molecular weight excluding hydrogens is 408 g/mol. The molecule has 168 valence electrons. The number of imidazole rings is 2. The quantitative estimate of drug-likeness (QED) is 0.472. The summed E-state index contributed by atoms with van der Waals surface area (Å²) < 4.78 is 12.1. The van der Waals surface area contributed by atoms with Gasteiger partial charge in [0.05, 0.1) is 18.9 Å². The van der Waals surface area contributed by atoms with Gasteiger partial charge in [-0.15, -0.1) is 0 Å². The molecule has 9 heteroatoms. The van der Waals surface area contributed by atoms with E-state index >= 15 is 0 Å². The monoisotopic (exact) mass is 436 g/mol. The van der Waals surface area contributed by atoms with E-state index in [-0.39, 0.29) is 11.2 Å². The fraction of sp³-hybridized carbons (Fsp3) is 0.435. The predicted octanol–water partition coefficient (Wildman–Crippen LogP) is 1.34. The zero-order valence-electron chi connectivity index (χ0n) is 18.7. The average molecular weight is 437 g/mol. The molecule has 0 bridgehead atoms. The van der Waals surface area contributed by atoms with Gasteiger partial charge in [0.1, 0.15) is 0 Å². The highest BCUT2D eigenvalue weighted by Crippen LogP contribution is 2.23. The van der Waals surface area contributed by atoms with Gasteiger partial charge in [-0.2, -0.15) is 4.98 Å². The van der Waals surface area contributed by atoms with Crippen molar-refractivity contribution in [3.8, 4) is 5.69 Å². The topological polar surface area (TPSA) is 78.7 Å². The molecule has 5 rings (SSSR count). The summed E-state index contributed by atoms with van der Waals surface area (Å²) in [5.41, 5.74) is 3.40. The zero-order chi connectivity index (χ0) is 22.4. The standard InChI is InChI=1S/C23H28N6O3/c1-4-17-7-5-6-8-18(17)29-16(2)15-28-19-20(24-22(28)29)25(3)23(31)27(21(19)30)10-9-26-11-13-32-14-12-26/h5-8,15H,4,9-14H2,1-3H3. The van der Waals surface area contributed by atoms with Crippen LogP contribution in [0.3, 0.4) is 0 Å². The lowest BCUT2D eigenvalue weighted by Crippen LogP contribution is -2.44. The van der Waals surface area contributed by atoms with Gasteiger partial charge in [-0.05, 0) is 25.0 Å². The lowest BCUT2D eigenvalue weighted by molar-refractivity contribution is 0.0361. The second-order valence-corrected chi connectivity index (χ2v) is 8.29. The number of fused-ring (bicyclic) bond motifs is 3. The number of para-hydroxylation sites is 1. The summed E-state index contributed by atoms with van der Waals surface area (Å²) in [6.07, 6.45) is 2.81. The van der Waals surface area contributed by atoms with Crippen molar-refractivity contribution in [3.63, 3.8) is 0 Å². The SMILES string of the molecule is CCc1ccccc1-n1c(C)cn2c3c(=O)n(CCN4CCOCC4)c(=O)n(C)c3nc12. The highest BCUT2D eigenvalue weighted by atomic mass is 16.5. The molecule has 4 heterocycles. The summed E-state index contributed by atoms with van der Waals surface area (Å²) in [5.74, 6) is 0.636. The highest BCUT2D eigenvalue weighted by molar-refractivity contribution is 5.76. The van der Waals surface area contributed by atoms with Crippen molar-refractivity contribution in [2.75, 3.05) is 32.8 Å². The van der Waals surface area contributed by atoms with Crippen LogP contribution in [0.4, 0.5) is 0 Å². The van der Waals surface area contributed by atoms with Crippen molar-refractivity contribution in [2.45, 2.75) is 26.8 Å². The van der Waals surface area contributed by atoms with Crippen LogP contribution in [-0.2, 0) is 24.8 Å². The molecule has 4 aromatic rings. The highest BCUT2D eigenvalue weighted by Gasteiger charge is 2.22. The first kappa shape index (κ1) is 20.7. The van der Waals surface area contributed by atoms with Crippen molar-refractivity contribution >= 4 is 16.9 Å². The lowest BCUT2D eigenvalue weighted by Gasteiger charge is -2.26. The van der Waals surface area contributed by atoms with E-state index in [2.05, 4.69) is 28.5 Å². The Kier molecular flexibility index (Phi) is 5.22. The van der Waals surface area contributed by atoms with Crippen LogP contribution in [0.25, 0.3) is 22.6 Å². The van der Waals surface area contributed by atoms with Gasteiger partial charge in [-0.1, -0.05) is 25.1 Å². The number of morpholine rings is 1. The summed E-state index contributed by atoms with van der Waals surface area (Å²) in [5, 5.41) is 0. The van der Waals surface area contributed by atoms with Crippen molar-refractivity contribution in [2.24, 2.45) is 7.05 Å². The van der Waals surface area contributed by atoms with E-state index in [9.17, 15) is 9.59 Å². The Bertz CT molecular complexity index is 1420. The summed E-state index contributed by atoms with van der Waals surface area (Å²) in [7, 11) is 1.68. The minimum absolute atomic E-state index is 0.301. The van der Waals surface area contributed by atoms with Crippen LogP contribution < -0.4 is 11.2 Å². The van der Waals surface area contributed by atoms with Gasteiger partial charge in [-0.25, -0.2) is 4.79 Å². The number of benzene rings is 1. The number of hydrogen-bond acceptors (Lipinski definition) is 5. The Balaban J connectivity index is 1.68. The van der Waals surface area contributed by atoms with Gasteiger partial charge < -0.3 is 4.74 Å². The van der Waals surface area contributed by atoms with Crippen molar-refractivity contribution in [1.82, 2.24) is 28.0 Å². The second-order valence-electron chi connectivity index (χ2n) is 8.29. The first-order valence-electron chi connectivity index (χ1n) is 11.1. The molecule has 0 saturated carbocycles. The van der Waals surface area contributed by atoms with Crippen LogP contribution in [0.2, 0.25) is 0 Å². The molecule has 1 aromatic carbocycles. The number of hydrogen-bond donors (Lipinski definition) is 0. The molecule has 0 radical (unpaired) electrons. The molecule has 1 saturated heterocycles. The first-order valence-corrected chi connectivity index (χ1v) is 11.1. The molecular formula is C23H28N6O3. The van der Waals surface area contributed by atoms with E-state index in [0.29, 0.717) is 43.2 Å². The van der Waals surface area contributed by atoms with Crippen LogP contribution >= 0.6 is 0 Å². The lowest BCUT2D eigenvalue weighted by atomic mass is 10.1. The van der Waals surface area contributed by atoms with Gasteiger partial charge in [-0.3, -0.25) is 27.8 Å². The van der Waals surface area contributed by atoms with E-state index in [1.54, 1.807) is 7.05 Å². The van der Waals surface area contributed by atoms with Crippen molar-refractivity contribution < 1.29 is 4.74 Å². The molecule has 0 atom stereocenters. The minimum atomic E-state index is -0.339. The molecule has 3 aromatic heterocycles. The van der Waals surface area contributed by atoms with Crippen molar-refractivity contribution in [1.29, 1.82) is 0 Å². The maximum absolute atomic E-state index is 13.5. The summed E-state index contributed by atoms with van der Waals surface area (Å²) in [6, 6.07) is 8.19. The summed E-state index contributed by atoms with van der Waals surface area (Å²) >= 11 is 0. The van der Waals surface area contributed by atoms with Gasteiger partial charge in [0.2, 0.25) is 5.78 Å². The van der Waals surface area contributed by atoms with Gasteiger partial charge in [0, 0.05) is 45.1 Å². The smallest absolute Gasteiger partial charge is 0.332 e. The van der Waals surface area contributed by atoms with E-state index in [0.717, 1.165) is 30.9 Å². The molecule has 0 N–H and O–H groups in total. The number of ether oxygens (including phenoxy) is 1. The van der Waals surface area contributed by atoms with Crippen LogP contribution in [0.1, 0.15) is 18.2 Å².